The Labute approximate surface area is 113 Å². The second-order valence-corrected chi connectivity index (χ2v) is 5.92. The summed E-state index contributed by atoms with van der Waals surface area (Å²) in [6, 6.07) is 2.94. The summed E-state index contributed by atoms with van der Waals surface area (Å²) in [5.41, 5.74) is 0.603. The Morgan fingerprint density at radius 3 is 2.39 bits per heavy atom. The van der Waals surface area contributed by atoms with E-state index in [1.165, 1.54) is 10.4 Å². The Morgan fingerprint density at radius 2 is 1.89 bits per heavy atom. The molecule has 7 heteroatoms. The molecule has 0 atom stereocenters. The second-order valence-electron chi connectivity index (χ2n) is 3.81. The van der Waals surface area contributed by atoms with Crippen LogP contribution < -0.4 is 4.72 Å². The van der Waals surface area contributed by atoms with Gasteiger partial charge in [-0.2, -0.15) is 12.7 Å². The van der Waals surface area contributed by atoms with Crippen molar-refractivity contribution in [2.45, 2.75) is 20.8 Å². The van der Waals surface area contributed by atoms with Crippen LogP contribution in [-0.4, -0.2) is 30.9 Å². The molecule has 0 spiro atoms. The fraction of sp³-hybridized carbons (Fsp3) is 0.455. The van der Waals surface area contributed by atoms with E-state index in [0.717, 1.165) is 0 Å². The van der Waals surface area contributed by atoms with Gasteiger partial charge < -0.3 is 5.11 Å². The molecule has 0 fully saturated rings. The second kappa shape index (κ2) is 5.77. The fourth-order valence-electron chi connectivity index (χ4n) is 1.58. The van der Waals surface area contributed by atoms with Gasteiger partial charge in [-0.3, -0.25) is 4.72 Å². The van der Waals surface area contributed by atoms with Crippen molar-refractivity contribution in [1.82, 2.24) is 4.31 Å². The van der Waals surface area contributed by atoms with Crippen molar-refractivity contribution in [3.8, 4) is 5.75 Å². The topological polar surface area (TPSA) is 69.6 Å². The van der Waals surface area contributed by atoms with Crippen molar-refractivity contribution in [2.24, 2.45) is 0 Å². The van der Waals surface area contributed by atoms with Gasteiger partial charge in [-0.1, -0.05) is 25.4 Å². The molecule has 0 bridgehead atoms. The van der Waals surface area contributed by atoms with Crippen LogP contribution in [0.25, 0.3) is 0 Å². The Hall–Kier alpha value is -0.980. The summed E-state index contributed by atoms with van der Waals surface area (Å²) >= 11 is 5.84. The minimum Gasteiger partial charge on any atom is -0.505 e. The van der Waals surface area contributed by atoms with Crippen molar-refractivity contribution in [3.05, 3.63) is 22.7 Å². The first-order valence-corrected chi connectivity index (χ1v) is 7.40. The zero-order chi connectivity index (χ0) is 13.9. The molecular formula is C11H17ClN2O3S. The van der Waals surface area contributed by atoms with E-state index in [2.05, 4.69) is 4.72 Å². The van der Waals surface area contributed by atoms with Gasteiger partial charge in [-0.05, 0) is 24.6 Å². The monoisotopic (exact) mass is 292 g/mol. The maximum Gasteiger partial charge on any atom is 0.301 e. The van der Waals surface area contributed by atoms with Gasteiger partial charge in [0.1, 0.15) is 5.75 Å². The summed E-state index contributed by atoms with van der Waals surface area (Å²) in [5, 5.41) is 10.2. The van der Waals surface area contributed by atoms with Crippen LogP contribution in [0.4, 0.5) is 5.69 Å². The number of hydrogen-bond acceptors (Lipinski definition) is 3. The number of nitrogens with zero attached hydrogens (tertiary/aromatic N) is 1. The number of halogens is 1. The first-order chi connectivity index (χ1) is 8.31. The summed E-state index contributed by atoms with van der Waals surface area (Å²) < 4.78 is 27.6. The number of rotatable bonds is 5. The zero-order valence-corrected chi connectivity index (χ0v) is 12.1. The summed E-state index contributed by atoms with van der Waals surface area (Å²) in [6.45, 7) is 5.84. The lowest BCUT2D eigenvalue weighted by Crippen LogP contribution is -2.35. The van der Waals surface area contributed by atoms with E-state index in [4.69, 9.17) is 11.6 Å². The molecule has 2 N–H and O–H groups in total. The number of aromatic hydroxyl groups is 1. The van der Waals surface area contributed by atoms with Crippen LogP contribution in [0.2, 0.25) is 5.02 Å². The molecular weight excluding hydrogens is 276 g/mol. The van der Waals surface area contributed by atoms with Crippen LogP contribution in [-0.2, 0) is 10.2 Å². The molecule has 1 aromatic carbocycles. The first kappa shape index (κ1) is 15.1. The molecule has 1 rings (SSSR count). The van der Waals surface area contributed by atoms with E-state index < -0.39 is 10.2 Å². The number of aryl methyl sites for hydroxylation is 1. The summed E-state index contributed by atoms with van der Waals surface area (Å²) in [4.78, 5) is 0. The van der Waals surface area contributed by atoms with Gasteiger partial charge in [0.15, 0.2) is 0 Å². The van der Waals surface area contributed by atoms with Gasteiger partial charge in [0.05, 0.1) is 5.69 Å². The van der Waals surface area contributed by atoms with Crippen molar-refractivity contribution >= 4 is 27.5 Å². The minimum atomic E-state index is -3.67. The predicted molar refractivity (Wildman–Crippen MR) is 73.3 cm³/mol. The van der Waals surface area contributed by atoms with E-state index in [1.807, 2.05) is 0 Å². The molecule has 0 aliphatic heterocycles. The van der Waals surface area contributed by atoms with Crippen molar-refractivity contribution in [1.29, 1.82) is 0 Å². The number of benzene rings is 1. The number of phenols is 1. The molecule has 0 aromatic heterocycles. The Kier molecular flexibility index (Phi) is 4.84. The van der Waals surface area contributed by atoms with Crippen molar-refractivity contribution < 1.29 is 13.5 Å². The lowest BCUT2D eigenvalue weighted by atomic mass is 10.2. The van der Waals surface area contributed by atoms with Crippen LogP contribution >= 0.6 is 11.6 Å². The van der Waals surface area contributed by atoms with Crippen LogP contribution in [0.1, 0.15) is 19.4 Å². The molecule has 0 amide bonds. The van der Waals surface area contributed by atoms with Crippen LogP contribution in [0.3, 0.4) is 0 Å². The molecule has 0 saturated carbocycles. The molecule has 0 aliphatic carbocycles. The molecule has 1 aromatic rings. The Bertz CT molecular complexity index is 527. The predicted octanol–water partition coefficient (Wildman–Crippen LogP) is 2.35. The average Bonchev–Trinajstić information content (AvgIpc) is 2.26. The number of anilines is 1. The Balaban J connectivity index is 3.12. The van der Waals surface area contributed by atoms with Gasteiger partial charge >= 0.3 is 10.2 Å². The van der Waals surface area contributed by atoms with Gasteiger partial charge in [0.2, 0.25) is 0 Å². The van der Waals surface area contributed by atoms with E-state index in [-0.39, 0.29) is 11.4 Å². The highest BCUT2D eigenvalue weighted by molar-refractivity contribution is 7.90. The van der Waals surface area contributed by atoms with Gasteiger partial charge in [0.25, 0.3) is 0 Å². The largest absolute Gasteiger partial charge is 0.505 e. The average molecular weight is 293 g/mol. The molecule has 102 valence electrons. The third-order valence-electron chi connectivity index (χ3n) is 2.55. The summed E-state index contributed by atoms with van der Waals surface area (Å²) in [7, 11) is -3.67. The third-order valence-corrected chi connectivity index (χ3v) is 4.44. The lowest BCUT2D eigenvalue weighted by molar-refractivity contribution is 0.448. The van der Waals surface area contributed by atoms with E-state index in [9.17, 15) is 13.5 Å². The SMILES string of the molecule is CCN(CC)S(=O)(=O)Nc1cc(Cl)cc(C)c1O. The molecule has 0 unspecified atom stereocenters. The normalized spacial score (nSPS) is 11.8. The summed E-state index contributed by atoms with van der Waals surface area (Å²) in [6.07, 6.45) is 0. The number of nitrogens with one attached hydrogen (secondary N) is 1. The van der Waals surface area contributed by atoms with Crippen molar-refractivity contribution in [3.63, 3.8) is 0 Å². The van der Waals surface area contributed by atoms with Crippen molar-refractivity contribution in [2.75, 3.05) is 17.8 Å². The minimum absolute atomic E-state index is 0.0897. The van der Waals surface area contributed by atoms with Crippen LogP contribution in [0.5, 0.6) is 5.75 Å². The molecule has 0 aliphatic rings. The number of phenolic OH excluding ortho intramolecular Hbond substituents is 1. The molecule has 0 heterocycles. The highest BCUT2D eigenvalue weighted by Gasteiger charge is 2.20. The van der Waals surface area contributed by atoms with Gasteiger partial charge in [-0.25, -0.2) is 0 Å². The van der Waals surface area contributed by atoms with Crippen LogP contribution in [0.15, 0.2) is 12.1 Å². The van der Waals surface area contributed by atoms with Crippen LogP contribution in [0, 0.1) is 6.92 Å². The first-order valence-electron chi connectivity index (χ1n) is 5.58. The zero-order valence-electron chi connectivity index (χ0n) is 10.6. The molecule has 18 heavy (non-hydrogen) atoms. The smallest absolute Gasteiger partial charge is 0.301 e. The highest BCUT2D eigenvalue weighted by Crippen LogP contribution is 2.31. The van der Waals surface area contributed by atoms with E-state index in [0.29, 0.717) is 23.7 Å². The van der Waals surface area contributed by atoms with Gasteiger partial charge in [0, 0.05) is 18.1 Å². The van der Waals surface area contributed by atoms with E-state index >= 15 is 0 Å². The fourth-order valence-corrected chi connectivity index (χ4v) is 3.10. The summed E-state index contributed by atoms with van der Waals surface area (Å²) in [5.74, 6) is -0.116. The van der Waals surface area contributed by atoms with E-state index in [1.54, 1.807) is 26.8 Å². The maximum atomic E-state index is 12.0. The lowest BCUT2D eigenvalue weighted by Gasteiger charge is -2.20. The number of hydrogen-bond donors (Lipinski definition) is 2. The maximum absolute atomic E-state index is 12.0. The van der Waals surface area contributed by atoms with Gasteiger partial charge in [-0.15, -0.1) is 0 Å². The third kappa shape index (κ3) is 3.28. The Morgan fingerprint density at radius 1 is 1.33 bits per heavy atom. The highest BCUT2D eigenvalue weighted by atomic mass is 35.5. The molecule has 5 nitrogen and oxygen atoms in total. The molecule has 0 radical (unpaired) electrons. The quantitative estimate of drug-likeness (QED) is 0.819. The molecule has 0 saturated heterocycles. The standard InChI is InChI=1S/C11H17ClN2O3S/c1-4-14(5-2)18(16,17)13-10-7-9(12)6-8(3)11(10)15/h6-7,13,15H,4-5H2,1-3H3.